The Labute approximate surface area is 198 Å². The average molecular weight is 489 g/mol. The van der Waals surface area contributed by atoms with Gasteiger partial charge in [-0.15, -0.1) is 10.2 Å². The SMILES string of the molecule is CCN(CC)S(=O)(=O)c1cccc(-c2nnc(SCC(=O)N(C)Cc3ccccc3)n2N)c1. The minimum atomic E-state index is -3.61. The van der Waals surface area contributed by atoms with Crippen molar-refractivity contribution < 1.29 is 13.2 Å². The number of benzene rings is 2. The molecule has 1 amide bonds. The summed E-state index contributed by atoms with van der Waals surface area (Å²) in [5, 5.41) is 8.57. The summed E-state index contributed by atoms with van der Waals surface area (Å²) in [5.41, 5.74) is 1.57. The molecule has 176 valence electrons. The molecule has 1 aromatic heterocycles. The van der Waals surface area contributed by atoms with Gasteiger partial charge in [-0.2, -0.15) is 4.31 Å². The standard InChI is InChI=1S/C22H28N6O3S2/c1-4-27(5-2)33(30,31)19-13-9-12-18(14-19)21-24-25-22(28(21)23)32-16-20(29)26(3)15-17-10-7-6-8-11-17/h6-14H,4-5,15-16,23H2,1-3H3. The lowest BCUT2D eigenvalue weighted by Gasteiger charge is -2.18. The fourth-order valence-electron chi connectivity index (χ4n) is 3.26. The molecule has 0 radical (unpaired) electrons. The summed E-state index contributed by atoms with van der Waals surface area (Å²) in [5.74, 6) is 6.58. The van der Waals surface area contributed by atoms with Gasteiger partial charge in [0.05, 0.1) is 10.6 Å². The van der Waals surface area contributed by atoms with Crippen LogP contribution in [-0.2, 0) is 21.4 Å². The van der Waals surface area contributed by atoms with Crippen molar-refractivity contribution in [3.63, 3.8) is 0 Å². The summed E-state index contributed by atoms with van der Waals surface area (Å²) in [4.78, 5) is 14.3. The summed E-state index contributed by atoms with van der Waals surface area (Å²) in [6.07, 6.45) is 0. The zero-order valence-electron chi connectivity index (χ0n) is 18.9. The van der Waals surface area contributed by atoms with E-state index in [4.69, 9.17) is 5.84 Å². The van der Waals surface area contributed by atoms with Gasteiger partial charge < -0.3 is 10.7 Å². The molecule has 0 saturated heterocycles. The Balaban J connectivity index is 1.72. The number of hydrogen-bond acceptors (Lipinski definition) is 7. The fourth-order valence-corrected chi connectivity index (χ4v) is 5.56. The van der Waals surface area contributed by atoms with Crippen molar-refractivity contribution in [1.29, 1.82) is 0 Å². The lowest BCUT2D eigenvalue weighted by atomic mass is 10.2. The van der Waals surface area contributed by atoms with Gasteiger partial charge in [0.2, 0.25) is 21.1 Å². The number of nitrogen functional groups attached to an aromatic ring is 1. The van der Waals surface area contributed by atoms with Gasteiger partial charge >= 0.3 is 0 Å². The third kappa shape index (κ3) is 5.73. The Hall–Kier alpha value is -2.89. The van der Waals surface area contributed by atoms with Gasteiger partial charge in [-0.3, -0.25) is 4.79 Å². The van der Waals surface area contributed by atoms with Crippen LogP contribution in [0.2, 0.25) is 0 Å². The lowest BCUT2D eigenvalue weighted by Crippen LogP contribution is -2.30. The number of thioether (sulfide) groups is 1. The van der Waals surface area contributed by atoms with Crippen molar-refractivity contribution >= 4 is 27.7 Å². The highest BCUT2D eigenvalue weighted by Gasteiger charge is 2.23. The molecule has 0 fully saturated rings. The maximum atomic E-state index is 12.8. The molecule has 0 spiro atoms. The first kappa shape index (κ1) is 24.7. The van der Waals surface area contributed by atoms with E-state index in [1.807, 2.05) is 30.3 Å². The van der Waals surface area contributed by atoms with E-state index in [0.717, 1.165) is 5.56 Å². The van der Waals surface area contributed by atoms with E-state index in [1.54, 1.807) is 44.0 Å². The summed E-state index contributed by atoms with van der Waals surface area (Å²) < 4.78 is 28.4. The molecule has 2 N–H and O–H groups in total. The van der Waals surface area contributed by atoms with Crippen LogP contribution in [0, 0.1) is 0 Å². The second kappa shape index (κ2) is 10.8. The Bertz CT molecular complexity index is 1190. The summed E-state index contributed by atoms with van der Waals surface area (Å²) in [7, 11) is -1.87. The molecule has 0 saturated carbocycles. The summed E-state index contributed by atoms with van der Waals surface area (Å²) in [6.45, 7) is 4.86. The van der Waals surface area contributed by atoms with Gasteiger partial charge in [0.25, 0.3) is 0 Å². The summed E-state index contributed by atoms with van der Waals surface area (Å²) in [6, 6.07) is 16.2. The molecule has 9 nitrogen and oxygen atoms in total. The average Bonchev–Trinajstić information content (AvgIpc) is 3.19. The van der Waals surface area contributed by atoms with E-state index in [2.05, 4.69) is 10.2 Å². The number of hydrogen-bond donors (Lipinski definition) is 1. The first-order chi connectivity index (χ1) is 15.8. The molecule has 2 aromatic carbocycles. The van der Waals surface area contributed by atoms with Gasteiger partial charge in [-0.25, -0.2) is 13.1 Å². The summed E-state index contributed by atoms with van der Waals surface area (Å²) >= 11 is 1.18. The van der Waals surface area contributed by atoms with E-state index < -0.39 is 10.0 Å². The molecule has 0 unspecified atom stereocenters. The fraction of sp³-hybridized carbons (Fsp3) is 0.318. The minimum absolute atomic E-state index is 0.0688. The molecule has 0 aliphatic rings. The van der Waals surface area contributed by atoms with E-state index in [1.165, 1.54) is 26.8 Å². The lowest BCUT2D eigenvalue weighted by molar-refractivity contribution is -0.127. The van der Waals surface area contributed by atoms with Gasteiger partial charge in [0.15, 0.2) is 5.82 Å². The smallest absolute Gasteiger partial charge is 0.243 e. The number of carbonyl (C=O) groups is 1. The van der Waals surface area contributed by atoms with Crippen LogP contribution in [-0.4, -0.2) is 64.3 Å². The van der Waals surface area contributed by atoms with Crippen molar-refractivity contribution in [3.05, 3.63) is 60.2 Å². The quantitative estimate of drug-likeness (QED) is 0.344. The highest BCUT2D eigenvalue weighted by Crippen LogP contribution is 2.25. The second-order valence-electron chi connectivity index (χ2n) is 7.32. The Kier molecular flexibility index (Phi) is 8.11. The molecular weight excluding hydrogens is 460 g/mol. The number of amides is 1. The van der Waals surface area contributed by atoms with Crippen molar-refractivity contribution in [2.75, 3.05) is 31.7 Å². The number of nitrogens with zero attached hydrogens (tertiary/aromatic N) is 5. The van der Waals surface area contributed by atoms with Crippen LogP contribution in [0.1, 0.15) is 19.4 Å². The third-order valence-electron chi connectivity index (χ3n) is 5.11. The van der Waals surface area contributed by atoms with Crippen LogP contribution in [0.4, 0.5) is 0 Å². The number of sulfonamides is 1. The highest BCUT2D eigenvalue weighted by molar-refractivity contribution is 7.99. The molecule has 0 bridgehead atoms. The molecule has 3 aromatic rings. The van der Waals surface area contributed by atoms with Crippen LogP contribution in [0.25, 0.3) is 11.4 Å². The van der Waals surface area contributed by atoms with Crippen molar-refractivity contribution in [2.24, 2.45) is 0 Å². The predicted octanol–water partition coefficient (Wildman–Crippen LogP) is 2.44. The van der Waals surface area contributed by atoms with Crippen LogP contribution < -0.4 is 5.84 Å². The zero-order valence-corrected chi connectivity index (χ0v) is 20.5. The number of aromatic nitrogens is 3. The Morgan fingerprint density at radius 1 is 1.06 bits per heavy atom. The van der Waals surface area contributed by atoms with Crippen LogP contribution >= 0.6 is 11.8 Å². The monoisotopic (exact) mass is 488 g/mol. The predicted molar refractivity (Wildman–Crippen MR) is 129 cm³/mol. The van der Waals surface area contributed by atoms with E-state index in [-0.39, 0.29) is 16.6 Å². The Morgan fingerprint density at radius 3 is 2.42 bits per heavy atom. The topological polar surface area (TPSA) is 114 Å². The number of nitrogens with two attached hydrogens (primary N) is 1. The van der Waals surface area contributed by atoms with Crippen LogP contribution in [0.5, 0.6) is 0 Å². The number of rotatable bonds is 10. The van der Waals surface area contributed by atoms with Gasteiger partial charge in [-0.1, -0.05) is 68.1 Å². The molecular formula is C22H28N6O3S2. The van der Waals surface area contributed by atoms with Crippen molar-refractivity contribution in [2.45, 2.75) is 30.4 Å². The molecule has 1 heterocycles. The van der Waals surface area contributed by atoms with E-state index in [9.17, 15) is 13.2 Å². The van der Waals surface area contributed by atoms with Crippen LogP contribution in [0.3, 0.4) is 0 Å². The second-order valence-corrected chi connectivity index (χ2v) is 10.2. The molecule has 0 aliphatic carbocycles. The maximum absolute atomic E-state index is 12.8. The molecule has 0 atom stereocenters. The van der Waals surface area contributed by atoms with Crippen molar-refractivity contribution in [3.8, 4) is 11.4 Å². The van der Waals surface area contributed by atoms with Gasteiger partial charge in [-0.05, 0) is 17.7 Å². The third-order valence-corrected chi connectivity index (χ3v) is 8.09. The molecule has 0 aliphatic heterocycles. The molecule has 11 heteroatoms. The van der Waals surface area contributed by atoms with Crippen molar-refractivity contribution in [1.82, 2.24) is 24.1 Å². The minimum Gasteiger partial charge on any atom is -0.341 e. The first-order valence-electron chi connectivity index (χ1n) is 10.5. The van der Waals surface area contributed by atoms with E-state index >= 15 is 0 Å². The highest BCUT2D eigenvalue weighted by atomic mass is 32.2. The molecule has 33 heavy (non-hydrogen) atoms. The Morgan fingerprint density at radius 2 is 1.76 bits per heavy atom. The zero-order chi connectivity index (χ0) is 24.0. The van der Waals surface area contributed by atoms with Gasteiger partial charge in [0, 0.05) is 32.2 Å². The molecule has 3 rings (SSSR count). The maximum Gasteiger partial charge on any atom is 0.243 e. The van der Waals surface area contributed by atoms with Gasteiger partial charge in [0.1, 0.15) is 0 Å². The van der Waals surface area contributed by atoms with Crippen LogP contribution in [0.15, 0.2) is 64.6 Å². The normalized spacial score (nSPS) is 11.6. The van der Waals surface area contributed by atoms with E-state index in [0.29, 0.717) is 36.2 Å². The largest absolute Gasteiger partial charge is 0.341 e. The number of carbonyl (C=O) groups excluding carboxylic acids is 1. The first-order valence-corrected chi connectivity index (χ1v) is 12.9.